The lowest BCUT2D eigenvalue weighted by Crippen LogP contribution is -2.30. The van der Waals surface area contributed by atoms with E-state index in [-0.39, 0.29) is 11.7 Å². The summed E-state index contributed by atoms with van der Waals surface area (Å²) in [6.45, 7) is 4.62. The normalized spacial score (nSPS) is 14.0. The van der Waals surface area contributed by atoms with E-state index in [4.69, 9.17) is 0 Å². The predicted octanol–water partition coefficient (Wildman–Crippen LogP) is 2.85. The zero-order valence-electron chi connectivity index (χ0n) is 12.5. The van der Waals surface area contributed by atoms with Crippen LogP contribution in [0, 0.1) is 5.82 Å². The minimum Gasteiger partial charge on any atom is -0.359 e. The predicted molar refractivity (Wildman–Crippen MR) is 87.5 cm³/mol. The highest BCUT2D eigenvalue weighted by Gasteiger charge is 2.10. The molecule has 3 rings (SSSR count). The molecule has 0 saturated heterocycles. The number of pyridine rings is 1. The first-order valence-electron chi connectivity index (χ1n) is 7.28. The lowest BCUT2D eigenvalue weighted by Gasteiger charge is -2.17. The first-order chi connectivity index (χ1) is 11.1. The highest BCUT2D eigenvalue weighted by Crippen LogP contribution is 2.21. The Morgan fingerprint density at radius 1 is 1.30 bits per heavy atom. The number of carbonyl (C=O) groups excluding carboxylic acids is 1. The van der Waals surface area contributed by atoms with Crippen molar-refractivity contribution in [2.75, 3.05) is 6.54 Å². The maximum absolute atomic E-state index is 13.4. The summed E-state index contributed by atoms with van der Waals surface area (Å²) in [6.07, 6.45) is 3.92. The Labute approximate surface area is 133 Å². The van der Waals surface area contributed by atoms with Crippen LogP contribution in [0.4, 0.5) is 4.39 Å². The number of aromatic nitrogens is 1. The van der Waals surface area contributed by atoms with Crippen molar-refractivity contribution in [2.24, 2.45) is 0 Å². The van der Waals surface area contributed by atoms with Crippen LogP contribution in [0.1, 0.15) is 12.0 Å². The first-order valence-corrected chi connectivity index (χ1v) is 7.28. The molecule has 0 radical (unpaired) electrons. The van der Waals surface area contributed by atoms with E-state index in [0.29, 0.717) is 23.5 Å². The molecule has 0 spiro atoms. The molecule has 0 atom stereocenters. The minimum absolute atomic E-state index is 0.110. The third kappa shape index (κ3) is 3.63. The maximum atomic E-state index is 13.4. The standard InChI is InChI=1S/C18H16FN3O/c1-12(22-16-6-8-21-18(23)11-16)13-5-7-20-17(10-13)14-3-2-4-15(19)9-14/h2-5,7,9-11,22H,1,6,8H2,(H,21,23). The highest BCUT2D eigenvalue weighted by molar-refractivity contribution is 5.89. The van der Waals surface area contributed by atoms with Crippen molar-refractivity contribution >= 4 is 11.6 Å². The van der Waals surface area contributed by atoms with Crippen LogP contribution in [0.25, 0.3) is 17.0 Å². The van der Waals surface area contributed by atoms with Gasteiger partial charge in [0.2, 0.25) is 5.91 Å². The van der Waals surface area contributed by atoms with Gasteiger partial charge in [-0.05, 0) is 24.3 Å². The molecule has 1 aromatic heterocycles. The lowest BCUT2D eigenvalue weighted by atomic mass is 10.1. The second-order valence-electron chi connectivity index (χ2n) is 5.25. The van der Waals surface area contributed by atoms with Gasteiger partial charge < -0.3 is 10.6 Å². The van der Waals surface area contributed by atoms with Crippen molar-refractivity contribution in [3.05, 3.63) is 72.3 Å². The first kappa shape index (κ1) is 15.0. The summed E-state index contributed by atoms with van der Waals surface area (Å²) in [7, 11) is 0. The van der Waals surface area contributed by atoms with Crippen LogP contribution in [-0.4, -0.2) is 17.4 Å². The summed E-state index contributed by atoms with van der Waals surface area (Å²) in [4.78, 5) is 15.6. The third-order valence-corrected chi connectivity index (χ3v) is 3.54. The average Bonchev–Trinajstić information content (AvgIpc) is 2.55. The van der Waals surface area contributed by atoms with Crippen molar-refractivity contribution in [1.29, 1.82) is 0 Å². The number of hydrogen-bond donors (Lipinski definition) is 2. The molecule has 2 aromatic rings. The van der Waals surface area contributed by atoms with Crippen molar-refractivity contribution in [3.8, 4) is 11.3 Å². The summed E-state index contributed by atoms with van der Waals surface area (Å²) in [5, 5.41) is 5.89. The van der Waals surface area contributed by atoms with Crippen LogP contribution >= 0.6 is 0 Å². The van der Waals surface area contributed by atoms with Gasteiger partial charge in [-0.3, -0.25) is 9.78 Å². The number of nitrogens with one attached hydrogen (secondary N) is 2. The molecule has 0 bridgehead atoms. The fraction of sp³-hybridized carbons (Fsp3) is 0.111. The summed E-state index contributed by atoms with van der Waals surface area (Å²) in [5.41, 5.74) is 3.70. The molecular weight excluding hydrogens is 293 g/mol. The SMILES string of the molecule is C=C(NC1=CC(=O)NCC1)c1ccnc(-c2cccc(F)c2)c1. The fourth-order valence-corrected chi connectivity index (χ4v) is 2.39. The molecule has 1 aliphatic rings. The van der Waals surface area contributed by atoms with Crippen molar-refractivity contribution in [3.63, 3.8) is 0 Å². The van der Waals surface area contributed by atoms with Gasteiger partial charge in [0.1, 0.15) is 5.82 Å². The number of benzene rings is 1. The van der Waals surface area contributed by atoms with Crippen molar-refractivity contribution in [1.82, 2.24) is 15.6 Å². The van der Waals surface area contributed by atoms with Gasteiger partial charge in [0.15, 0.2) is 0 Å². The van der Waals surface area contributed by atoms with Crippen molar-refractivity contribution in [2.45, 2.75) is 6.42 Å². The second-order valence-corrected chi connectivity index (χ2v) is 5.25. The van der Waals surface area contributed by atoms with Gasteiger partial charge >= 0.3 is 0 Å². The maximum Gasteiger partial charge on any atom is 0.245 e. The van der Waals surface area contributed by atoms with Gasteiger partial charge in [0.25, 0.3) is 0 Å². The van der Waals surface area contributed by atoms with Gasteiger partial charge in [-0.15, -0.1) is 0 Å². The van der Waals surface area contributed by atoms with E-state index in [1.165, 1.54) is 18.2 Å². The number of nitrogens with zero attached hydrogens (tertiary/aromatic N) is 1. The Hall–Kier alpha value is -2.95. The number of rotatable bonds is 4. The van der Waals surface area contributed by atoms with E-state index >= 15 is 0 Å². The Bertz CT molecular complexity index is 798. The van der Waals surface area contributed by atoms with E-state index in [1.807, 2.05) is 12.1 Å². The Balaban J connectivity index is 1.82. The largest absolute Gasteiger partial charge is 0.359 e. The van der Waals surface area contributed by atoms with Gasteiger partial charge in [-0.2, -0.15) is 0 Å². The van der Waals surface area contributed by atoms with Crippen LogP contribution in [-0.2, 0) is 4.79 Å². The quantitative estimate of drug-likeness (QED) is 0.913. The van der Waals surface area contributed by atoms with E-state index in [2.05, 4.69) is 22.2 Å². The molecule has 1 aromatic carbocycles. The summed E-state index contributed by atoms with van der Waals surface area (Å²) >= 11 is 0. The molecular formula is C18H16FN3O. The molecule has 1 amide bonds. The lowest BCUT2D eigenvalue weighted by molar-refractivity contribution is -0.116. The topological polar surface area (TPSA) is 54.0 Å². The number of hydrogen-bond acceptors (Lipinski definition) is 3. The Morgan fingerprint density at radius 3 is 2.96 bits per heavy atom. The third-order valence-electron chi connectivity index (χ3n) is 3.54. The molecule has 0 unspecified atom stereocenters. The summed E-state index contributed by atoms with van der Waals surface area (Å²) < 4.78 is 13.4. The number of halogens is 1. The fourth-order valence-electron chi connectivity index (χ4n) is 2.39. The Kier molecular flexibility index (Phi) is 4.19. The Morgan fingerprint density at radius 2 is 2.17 bits per heavy atom. The molecule has 0 fully saturated rings. The zero-order valence-corrected chi connectivity index (χ0v) is 12.5. The van der Waals surface area contributed by atoms with E-state index in [1.54, 1.807) is 18.3 Å². The molecule has 2 heterocycles. The van der Waals surface area contributed by atoms with E-state index < -0.39 is 0 Å². The monoisotopic (exact) mass is 309 g/mol. The molecule has 116 valence electrons. The van der Waals surface area contributed by atoms with Crippen LogP contribution in [0.2, 0.25) is 0 Å². The molecule has 2 N–H and O–H groups in total. The van der Waals surface area contributed by atoms with Gasteiger partial charge in [0.05, 0.1) is 5.69 Å². The molecule has 4 nitrogen and oxygen atoms in total. The van der Waals surface area contributed by atoms with Gasteiger partial charge in [-0.25, -0.2) is 4.39 Å². The number of carbonyl (C=O) groups is 1. The van der Waals surface area contributed by atoms with E-state index in [0.717, 1.165) is 17.7 Å². The van der Waals surface area contributed by atoms with Crippen LogP contribution in [0.3, 0.4) is 0 Å². The summed E-state index contributed by atoms with van der Waals surface area (Å²) in [5.74, 6) is -0.410. The van der Waals surface area contributed by atoms with Gasteiger partial charge in [-0.1, -0.05) is 18.7 Å². The molecule has 5 heteroatoms. The van der Waals surface area contributed by atoms with Crippen LogP contribution in [0.15, 0.2) is 60.9 Å². The summed E-state index contributed by atoms with van der Waals surface area (Å²) in [6, 6.07) is 9.96. The highest BCUT2D eigenvalue weighted by atomic mass is 19.1. The molecule has 0 saturated carbocycles. The second kappa shape index (κ2) is 6.44. The minimum atomic E-state index is -0.301. The average molecular weight is 309 g/mol. The molecule has 1 aliphatic heterocycles. The van der Waals surface area contributed by atoms with Crippen LogP contribution in [0.5, 0.6) is 0 Å². The van der Waals surface area contributed by atoms with Crippen LogP contribution < -0.4 is 10.6 Å². The molecule has 23 heavy (non-hydrogen) atoms. The smallest absolute Gasteiger partial charge is 0.245 e. The zero-order chi connectivity index (χ0) is 16.2. The molecule has 0 aliphatic carbocycles. The van der Waals surface area contributed by atoms with Gasteiger partial charge in [0, 0.05) is 47.8 Å². The number of amides is 1. The van der Waals surface area contributed by atoms with Crippen molar-refractivity contribution < 1.29 is 9.18 Å². The van der Waals surface area contributed by atoms with E-state index in [9.17, 15) is 9.18 Å².